The Morgan fingerprint density at radius 3 is 2.50 bits per heavy atom. The molecule has 0 saturated heterocycles. The van der Waals surface area contributed by atoms with Crippen LogP contribution in [-0.2, 0) is 10.7 Å². The maximum atomic E-state index is 12.9. The molecule has 1 aliphatic heterocycles. The lowest BCUT2D eigenvalue weighted by Gasteiger charge is -2.19. The van der Waals surface area contributed by atoms with E-state index in [-0.39, 0.29) is 5.91 Å². The van der Waals surface area contributed by atoms with Crippen molar-refractivity contribution in [3.63, 3.8) is 0 Å². The van der Waals surface area contributed by atoms with Crippen LogP contribution in [0.3, 0.4) is 0 Å². The van der Waals surface area contributed by atoms with Gasteiger partial charge >= 0.3 is 7.80 Å². The summed E-state index contributed by atoms with van der Waals surface area (Å²) in [5.74, 6) is 0.613. The number of carbonyl (C=O) groups excluding carboxylic acids is 1. The second-order valence-corrected chi connectivity index (χ2v) is 10.5. The van der Waals surface area contributed by atoms with Crippen molar-refractivity contribution in [3.8, 4) is 5.75 Å². The Balaban J connectivity index is 1.41. The average Bonchev–Trinajstić information content (AvgIpc) is 2.85. The van der Waals surface area contributed by atoms with Gasteiger partial charge in [-0.3, -0.25) is 4.79 Å². The van der Waals surface area contributed by atoms with Crippen LogP contribution in [0.4, 0.5) is 5.69 Å². The van der Waals surface area contributed by atoms with Crippen molar-refractivity contribution in [2.75, 3.05) is 18.1 Å². The van der Waals surface area contributed by atoms with Crippen molar-refractivity contribution in [1.29, 1.82) is 0 Å². The summed E-state index contributed by atoms with van der Waals surface area (Å²) < 4.78 is 18.2. The Hall–Kier alpha value is -3.23. The average molecular weight is 473 g/mol. The summed E-state index contributed by atoms with van der Waals surface area (Å²) in [7, 11) is -1.21. The van der Waals surface area contributed by atoms with Gasteiger partial charge in [-0.2, -0.15) is 0 Å². The van der Waals surface area contributed by atoms with Gasteiger partial charge in [-0.1, -0.05) is 59.9 Å². The predicted octanol–water partition coefficient (Wildman–Crippen LogP) is 7.70. The van der Waals surface area contributed by atoms with E-state index in [9.17, 15) is 9.36 Å². The lowest BCUT2D eigenvalue weighted by atomic mass is 9.98. The third kappa shape index (κ3) is 6.21. The first kappa shape index (κ1) is 23.9. The van der Waals surface area contributed by atoms with Crippen LogP contribution >= 0.6 is 7.80 Å². The van der Waals surface area contributed by atoms with Crippen LogP contribution < -0.4 is 10.1 Å². The molecule has 0 spiro atoms. The molecule has 0 fully saturated rings. The number of anilines is 1. The number of ether oxygens (including phenoxy) is 1. The Labute approximate surface area is 202 Å². The largest absolute Gasteiger partial charge is 0.488 e. The highest BCUT2D eigenvalue weighted by Gasteiger charge is 2.17. The first-order chi connectivity index (χ1) is 16.5. The summed E-state index contributed by atoms with van der Waals surface area (Å²) in [4.78, 5) is 12.9. The van der Waals surface area contributed by atoms with Crippen molar-refractivity contribution in [3.05, 3.63) is 94.5 Å². The van der Waals surface area contributed by atoms with Gasteiger partial charge < -0.3 is 10.1 Å². The SMILES string of the molecule is CCCCC[P+](=O)Cc1ccc(NC(=O)c2ccc3c(c2)C=C(c2ccc(C)cc2)CO3)cc1. The number of amides is 1. The van der Waals surface area contributed by atoms with Crippen LogP contribution in [0.1, 0.15) is 58.8 Å². The maximum Gasteiger partial charge on any atom is 0.343 e. The van der Waals surface area contributed by atoms with E-state index in [0.717, 1.165) is 59.1 Å². The van der Waals surface area contributed by atoms with Crippen molar-refractivity contribution in [2.24, 2.45) is 0 Å². The molecule has 34 heavy (non-hydrogen) atoms. The fraction of sp³-hybridized carbons (Fsp3) is 0.276. The number of aryl methyl sites for hydroxylation is 1. The van der Waals surface area contributed by atoms with Gasteiger partial charge in [-0.05, 0) is 72.9 Å². The van der Waals surface area contributed by atoms with Crippen LogP contribution in [-0.4, -0.2) is 18.7 Å². The van der Waals surface area contributed by atoms with Crippen LogP contribution in [0, 0.1) is 6.92 Å². The monoisotopic (exact) mass is 472 g/mol. The molecule has 3 aromatic rings. The normalized spacial score (nSPS) is 12.9. The fourth-order valence-electron chi connectivity index (χ4n) is 3.97. The number of hydrogen-bond donors (Lipinski definition) is 1. The summed E-state index contributed by atoms with van der Waals surface area (Å²) in [6.45, 7) is 4.73. The zero-order valence-electron chi connectivity index (χ0n) is 19.8. The van der Waals surface area contributed by atoms with Crippen molar-refractivity contribution >= 4 is 31.0 Å². The molecule has 4 rings (SSSR count). The van der Waals surface area contributed by atoms with E-state index >= 15 is 0 Å². The fourth-order valence-corrected chi connectivity index (χ4v) is 5.32. The smallest absolute Gasteiger partial charge is 0.343 e. The first-order valence-corrected chi connectivity index (χ1v) is 13.5. The standard InChI is InChI=1S/C29H30NO3P/c1-3-4-5-16-34(32)20-22-8-13-27(14-9-22)30-29(31)24-12-15-28-25(17-24)18-26(19-33-28)23-10-6-21(2)7-11-23/h6-15,17-18H,3-5,16,19-20H2,1-2H3/p+1. The molecule has 0 bridgehead atoms. The lowest BCUT2D eigenvalue weighted by Crippen LogP contribution is -2.13. The summed E-state index contributed by atoms with van der Waals surface area (Å²) in [6.07, 6.45) is 6.75. The molecule has 0 aromatic heterocycles. The van der Waals surface area contributed by atoms with Gasteiger partial charge in [0.1, 0.15) is 18.5 Å². The van der Waals surface area contributed by atoms with E-state index in [1.54, 1.807) is 6.07 Å². The minimum atomic E-state index is -1.21. The zero-order valence-corrected chi connectivity index (χ0v) is 20.7. The molecule has 0 aliphatic carbocycles. The number of fused-ring (bicyclic) bond motifs is 1. The molecule has 1 atom stereocenters. The second-order valence-electron chi connectivity index (χ2n) is 8.80. The van der Waals surface area contributed by atoms with E-state index in [2.05, 4.69) is 49.5 Å². The molecule has 0 radical (unpaired) electrons. The molecular formula is C29H31NO3P+. The minimum absolute atomic E-state index is 0.169. The van der Waals surface area contributed by atoms with E-state index in [4.69, 9.17) is 4.74 Å². The van der Waals surface area contributed by atoms with Gasteiger partial charge in [0.25, 0.3) is 5.91 Å². The highest BCUT2D eigenvalue weighted by molar-refractivity contribution is 7.43. The molecule has 1 amide bonds. The second kappa shape index (κ2) is 11.3. The van der Waals surface area contributed by atoms with Crippen LogP contribution in [0.2, 0.25) is 0 Å². The number of unbranched alkanes of at least 4 members (excludes halogenated alkanes) is 2. The summed E-state index contributed by atoms with van der Waals surface area (Å²) in [5.41, 5.74) is 6.67. The molecule has 1 aliphatic rings. The zero-order chi connectivity index (χ0) is 23.9. The van der Waals surface area contributed by atoms with E-state index in [1.165, 1.54) is 5.56 Å². The molecule has 4 nitrogen and oxygen atoms in total. The highest BCUT2D eigenvalue weighted by atomic mass is 31.1. The number of nitrogens with one attached hydrogen (secondary N) is 1. The van der Waals surface area contributed by atoms with Crippen LogP contribution in [0.5, 0.6) is 5.75 Å². The van der Waals surface area contributed by atoms with E-state index < -0.39 is 7.80 Å². The quantitative estimate of drug-likeness (QED) is 0.256. The minimum Gasteiger partial charge on any atom is -0.488 e. The molecule has 0 saturated carbocycles. The Kier molecular flexibility index (Phi) is 7.92. The highest BCUT2D eigenvalue weighted by Crippen LogP contribution is 2.32. The Bertz CT molecular complexity index is 1200. The third-order valence-electron chi connectivity index (χ3n) is 5.99. The Morgan fingerprint density at radius 2 is 1.76 bits per heavy atom. The van der Waals surface area contributed by atoms with E-state index in [0.29, 0.717) is 18.3 Å². The van der Waals surface area contributed by atoms with E-state index in [1.807, 2.05) is 36.4 Å². The number of carbonyl (C=O) groups is 1. The van der Waals surface area contributed by atoms with Crippen molar-refractivity contribution in [2.45, 2.75) is 39.3 Å². The first-order valence-electron chi connectivity index (χ1n) is 11.9. The van der Waals surface area contributed by atoms with Gasteiger partial charge in [0.05, 0.1) is 0 Å². The maximum absolute atomic E-state index is 12.9. The molecule has 174 valence electrons. The third-order valence-corrected chi connectivity index (χ3v) is 7.52. The molecule has 5 heteroatoms. The number of rotatable bonds is 9. The van der Waals surface area contributed by atoms with Crippen molar-refractivity contribution < 1.29 is 14.1 Å². The summed E-state index contributed by atoms with van der Waals surface area (Å²) in [6, 6.07) is 21.5. The molecule has 1 unspecified atom stereocenters. The Morgan fingerprint density at radius 1 is 1.00 bits per heavy atom. The van der Waals surface area contributed by atoms with Crippen molar-refractivity contribution in [1.82, 2.24) is 0 Å². The number of benzene rings is 3. The number of hydrogen-bond acceptors (Lipinski definition) is 3. The lowest BCUT2D eigenvalue weighted by molar-refractivity contribution is 0.102. The summed E-state index contributed by atoms with van der Waals surface area (Å²) >= 11 is 0. The van der Waals surface area contributed by atoms with Crippen LogP contribution in [0.25, 0.3) is 11.6 Å². The molecule has 1 heterocycles. The topological polar surface area (TPSA) is 55.4 Å². The van der Waals surface area contributed by atoms with Gasteiger partial charge in [0, 0.05) is 16.8 Å². The van der Waals surface area contributed by atoms with Gasteiger partial charge in [0.2, 0.25) is 0 Å². The molecular weight excluding hydrogens is 441 g/mol. The van der Waals surface area contributed by atoms with Gasteiger partial charge in [0.15, 0.2) is 6.16 Å². The van der Waals surface area contributed by atoms with Gasteiger partial charge in [-0.25, -0.2) is 0 Å². The summed E-state index contributed by atoms with van der Waals surface area (Å²) in [5, 5.41) is 2.96. The molecule has 3 aromatic carbocycles. The van der Waals surface area contributed by atoms with Gasteiger partial charge in [-0.15, -0.1) is 0 Å². The van der Waals surface area contributed by atoms with Crippen LogP contribution in [0.15, 0.2) is 66.7 Å². The molecule has 1 N–H and O–H groups in total. The predicted molar refractivity (Wildman–Crippen MR) is 141 cm³/mol.